The second-order valence-corrected chi connectivity index (χ2v) is 6.00. The molecule has 0 aromatic heterocycles. The van der Waals surface area contributed by atoms with E-state index in [2.05, 4.69) is 62.0 Å². The Labute approximate surface area is 128 Å². The van der Waals surface area contributed by atoms with Gasteiger partial charge >= 0.3 is 0 Å². The van der Waals surface area contributed by atoms with Gasteiger partial charge in [-0.2, -0.15) is 0 Å². The van der Waals surface area contributed by atoms with Crippen molar-refractivity contribution in [1.29, 1.82) is 0 Å². The molecule has 0 fully saturated rings. The van der Waals surface area contributed by atoms with Gasteiger partial charge in [0.2, 0.25) is 0 Å². The highest BCUT2D eigenvalue weighted by molar-refractivity contribution is 14.1. The minimum atomic E-state index is 0.729. The molecule has 0 saturated carbocycles. The Bertz CT molecular complexity index is 531. The SMILES string of the molecule is Clc1ccccc1CNc1ccc(I)c(Br)c1. The number of anilines is 1. The molecule has 0 radical (unpaired) electrons. The van der Waals surface area contributed by atoms with E-state index in [4.69, 9.17) is 11.6 Å². The first kappa shape index (κ1) is 13.2. The molecule has 0 bridgehead atoms. The Kier molecular flexibility index (Phi) is 4.70. The van der Waals surface area contributed by atoms with Crippen LogP contribution in [0.25, 0.3) is 0 Å². The van der Waals surface area contributed by atoms with Gasteiger partial charge < -0.3 is 5.32 Å². The zero-order valence-electron chi connectivity index (χ0n) is 8.88. The van der Waals surface area contributed by atoms with Crippen molar-refractivity contribution in [2.75, 3.05) is 5.32 Å². The number of halogens is 3. The molecule has 2 rings (SSSR count). The molecule has 0 atom stereocenters. The Hall–Kier alpha value is -0.260. The van der Waals surface area contributed by atoms with Gasteiger partial charge in [0.25, 0.3) is 0 Å². The van der Waals surface area contributed by atoms with Crippen molar-refractivity contribution in [3.63, 3.8) is 0 Å². The number of benzene rings is 2. The largest absolute Gasteiger partial charge is 0.381 e. The lowest BCUT2D eigenvalue weighted by molar-refractivity contribution is 1.15. The van der Waals surface area contributed by atoms with Crippen molar-refractivity contribution in [3.05, 3.63) is 61.1 Å². The van der Waals surface area contributed by atoms with Crippen LogP contribution in [0.3, 0.4) is 0 Å². The fourth-order valence-electron chi connectivity index (χ4n) is 1.45. The lowest BCUT2D eigenvalue weighted by Gasteiger charge is -2.09. The third kappa shape index (κ3) is 3.60. The molecule has 0 heterocycles. The fraction of sp³-hybridized carbons (Fsp3) is 0.0769. The first-order valence-electron chi connectivity index (χ1n) is 5.09. The second-order valence-electron chi connectivity index (χ2n) is 3.57. The van der Waals surface area contributed by atoms with Crippen LogP contribution in [0.2, 0.25) is 5.02 Å². The van der Waals surface area contributed by atoms with Gasteiger partial charge in [0.15, 0.2) is 0 Å². The highest BCUT2D eigenvalue weighted by Gasteiger charge is 2.01. The summed E-state index contributed by atoms with van der Waals surface area (Å²) in [5.74, 6) is 0. The molecule has 0 aliphatic heterocycles. The molecule has 0 spiro atoms. The van der Waals surface area contributed by atoms with Crippen LogP contribution in [0.5, 0.6) is 0 Å². The number of hydrogen-bond acceptors (Lipinski definition) is 1. The topological polar surface area (TPSA) is 12.0 Å². The quantitative estimate of drug-likeness (QED) is 0.661. The highest BCUT2D eigenvalue weighted by Crippen LogP contribution is 2.24. The molecule has 0 saturated heterocycles. The first-order valence-corrected chi connectivity index (χ1v) is 7.34. The summed E-state index contributed by atoms with van der Waals surface area (Å²) in [7, 11) is 0. The van der Waals surface area contributed by atoms with Crippen LogP contribution in [0.4, 0.5) is 5.69 Å². The van der Waals surface area contributed by atoms with Gasteiger partial charge in [0.1, 0.15) is 0 Å². The maximum atomic E-state index is 6.10. The van der Waals surface area contributed by atoms with E-state index in [1.807, 2.05) is 24.3 Å². The maximum absolute atomic E-state index is 6.10. The monoisotopic (exact) mass is 421 g/mol. The van der Waals surface area contributed by atoms with E-state index >= 15 is 0 Å². The van der Waals surface area contributed by atoms with Crippen LogP contribution in [0.1, 0.15) is 5.56 Å². The lowest BCUT2D eigenvalue weighted by atomic mass is 10.2. The van der Waals surface area contributed by atoms with Crippen molar-refractivity contribution in [2.24, 2.45) is 0 Å². The molecule has 0 unspecified atom stereocenters. The van der Waals surface area contributed by atoms with Crippen LogP contribution in [0.15, 0.2) is 46.9 Å². The zero-order chi connectivity index (χ0) is 12.3. The van der Waals surface area contributed by atoms with Gasteiger partial charge in [-0.25, -0.2) is 0 Å². The van der Waals surface area contributed by atoms with Gasteiger partial charge in [-0.05, 0) is 68.3 Å². The molecule has 17 heavy (non-hydrogen) atoms. The van der Waals surface area contributed by atoms with E-state index in [9.17, 15) is 0 Å². The van der Waals surface area contributed by atoms with Crippen LogP contribution >= 0.6 is 50.1 Å². The molecule has 0 aliphatic carbocycles. The van der Waals surface area contributed by atoms with E-state index in [1.54, 1.807) is 0 Å². The smallest absolute Gasteiger partial charge is 0.0455 e. The summed E-state index contributed by atoms with van der Waals surface area (Å²) in [6, 6.07) is 14.1. The van der Waals surface area contributed by atoms with Gasteiger partial charge in [-0.1, -0.05) is 29.8 Å². The van der Waals surface area contributed by atoms with Crippen LogP contribution in [-0.2, 0) is 6.54 Å². The number of hydrogen-bond donors (Lipinski definition) is 1. The average Bonchev–Trinajstić information content (AvgIpc) is 2.32. The molecule has 88 valence electrons. The Balaban J connectivity index is 2.08. The molecule has 2 aromatic rings. The van der Waals surface area contributed by atoms with Crippen molar-refractivity contribution in [2.45, 2.75) is 6.54 Å². The number of nitrogens with one attached hydrogen (secondary N) is 1. The summed E-state index contributed by atoms with van der Waals surface area (Å²) in [6.07, 6.45) is 0. The summed E-state index contributed by atoms with van der Waals surface area (Å²) in [6.45, 7) is 0.729. The minimum Gasteiger partial charge on any atom is -0.381 e. The van der Waals surface area contributed by atoms with Gasteiger partial charge in [-0.15, -0.1) is 0 Å². The first-order chi connectivity index (χ1) is 8.16. The second kappa shape index (κ2) is 6.07. The molecule has 1 N–H and O–H groups in total. The predicted octanol–water partition coefficient (Wildman–Crippen LogP) is 5.32. The van der Waals surface area contributed by atoms with Crippen LogP contribution in [-0.4, -0.2) is 0 Å². The fourth-order valence-corrected chi connectivity index (χ4v) is 2.36. The summed E-state index contributed by atoms with van der Waals surface area (Å²) in [5.41, 5.74) is 2.18. The normalized spacial score (nSPS) is 10.3. The minimum absolute atomic E-state index is 0.729. The highest BCUT2D eigenvalue weighted by atomic mass is 127. The van der Waals surface area contributed by atoms with Crippen molar-refractivity contribution in [1.82, 2.24) is 0 Å². The summed E-state index contributed by atoms with van der Waals surface area (Å²) in [4.78, 5) is 0. The molecular weight excluding hydrogens is 412 g/mol. The Morgan fingerprint density at radius 1 is 1.18 bits per heavy atom. The summed E-state index contributed by atoms with van der Waals surface area (Å²) >= 11 is 11.9. The van der Waals surface area contributed by atoms with Crippen molar-refractivity contribution in [3.8, 4) is 0 Å². The molecule has 4 heteroatoms. The number of rotatable bonds is 3. The van der Waals surface area contributed by atoms with E-state index in [0.717, 1.165) is 27.3 Å². The van der Waals surface area contributed by atoms with Gasteiger partial charge in [0.05, 0.1) is 0 Å². The van der Waals surface area contributed by atoms with Crippen LogP contribution in [0, 0.1) is 3.57 Å². The Morgan fingerprint density at radius 3 is 2.65 bits per heavy atom. The van der Waals surface area contributed by atoms with Gasteiger partial charge in [-0.3, -0.25) is 0 Å². The van der Waals surface area contributed by atoms with E-state index in [-0.39, 0.29) is 0 Å². The van der Waals surface area contributed by atoms with E-state index in [1.165, 1.54) is 3.57 Å². The van der Waals surface area contributed by atoms with Gasteiger partial charge in [0, 0.05) is 25.3 Å². The Morgan fingerprint density at radius 2 is 1.94 bits per heavy atom. The molecule has 1 nitrogen and oxygen atoms in total. The van der Waals surface area contributed by atoms with E-state index in [0.29, 0.717) is 0 Å². The average molecular weight is 422 g/mol. The third-order valence-corrected chi connectivity index (χ3v) is 5.07. The molecule has 2 aromatic carbocycles. The standard InChI is InChI=1S/C13H10BrClIN/c14-11-7-10(5-6-13(11)16)17-8-9-3-1-2-4-12(9)15/h1-7,17H,8H2. The maximum Gasteiger partial charge on any atom is 0.0455 e. The van der Waals surface area contributed by atoms with E-state index < -0.39 is 0 Å². The summed E-state index contributed by atoms with van der Waals surface area (Å²) < 4.78 is 2.30. The molecule has 0 amide bonds. The predicted molar refractivity (Wildman–Crippen MR) is 85.6 cm³/mol. The third-order valence-electron chi connectivity index (χ3n) is 2.36. The zero-order valence-corrected chi connectivity index (χ0v) is 13.4. The lowest BCUT2D eigenvalue weighted by Crippen LogP contribution is -2.00. The summed E-state index contributed by atoms with van der Waals surface area (Å²) in [5, 5.41) is 4.15. The van der Waals surface area contributed by atoms with Crippen LogP contribution < -0.4 is 5.32 Å². The molecular formula is C13H10BrClIN. The van der Waals surface area contributed by atoms with Crippen molar-refractivity contribution < 1.29 is 0 Å². The van der Waals surface area contributed by atoms with Crippen molar-refractivity contribution >= 4 is 55.8 Å². The molecule has 0 aliphatic rings.